The second kappa shape index (κ2) is 7.40. The molecule has 0 spiro atoms. The summed E-state index contributed by atoms with van der Waals surface area (Å²) < 4.78 is 6.11. The topological polar surface area (TPSA) is 38.3 Å². The van der Waals surface area contributed by atoms with Crippen LogP contribution in [0.1, 0.15) is 10.4 Å². The number of carbonyl (C=O) groups is 1. The van der Waals surface area contributed by atoms with Crippen LogP contribution in [-0.4, -0.2) is 25.7 Å². The highest BCUT2D eigenvalue weighted by atomic mass is 127. The second-order valence-corrected chi connectivity index (χ2v) is 4.26. The molecule has 0 aliphatic rings. The fraction of sp³-hybridized carbons (Fsp3) is 0.250. The number of benzene rings is 1. The molecule has 16 heavy (non-hydrogen) atoms. The van der Waals surface area contributed by atoms with Gasteiger partial charge in [0.25, 0.3) is 5.91 Å². The Balaban J connectivity index is 2.36. The summed E-state index contributed by atoms with van der Waals surface area (Å²) >= 11 is 2.14. The molecule has 0 bridgehead atoms. The minimum absolute atomic E-state index is 0.0628. The minimum atomic E-state index is -0.0628. The van der Waals surface area contributed by atoms with Gasteiger partial charge in [-0.25, -0.2) is 0 Å². The molecule has 0 aliphatic heterocycles. The van der Waals surface area contributed by atoms with Crippen LogP contribution in [0.3, 0.4) is 0 Å². The number of rotatable bonds is 6. The summed E-state index contributed by atoms with van der Waals surface area (Å²) in [4.78, 5) is 11.7. The molecule has 0 fully saturated rings. The summed E-state index contributed by atoms with van der Waals surface area (Å²) in [6.45, 7) is 5.06. The van der Waals surface area contributed by atoms with Crippen LogP contribution in [0.2, 0.25) is 0 Å². The van der Waals surface area contributed by atoms with Crippen molar-refractivity contribution in [3.63, 3.8) is 0 Å². The maximum Gasteiger partial charge on any atom is 0.252 e. The van der Waals surface area contributed by atoms with Crippen molar-refractivity contribution < 1.29 is 9.53 Å². The molecule has 0 aromatic heterocycles. The number of carbonyl (C=O) groups excluding carboxylic acids is 1. The summed E-state index contributed by atoms with van der Waals surface area (Å²) in [6, 6.07) is 7.47. The van der Waals surface area contributed by atoms with E-state index in [1.165, 1.54) is 0 Å². The first-order valence-electron chi connectivity index (χ1n) is 4.97. The van der Waals surface area contributed by atoms with Crippen molar-refractivity contribution in [3.8, 4) is 0 Å². The van der Waals surface area contributed by atoms with E-state index >= 15 is 0 Å². The Labute approximate surface area is 109 Å². The summed E-state index contributed by atoms with van der Waals surface area (Å²) in [7, 11) is 0. The molecule has 1 aromatic rings. The zero-order valence-electron chi connectivity index (χ0n) is 8.91. The van der Waals surface area contributed by atoms with Gasteiger partial charge in [0, 0.05) is 10.1 Å². The van der Waals surface area contributed by atoms with Crippen molar-refractivity contribution in [3.05, 3.63) is 46.1 Å². The molecule has 1 aromatic carbocycles. The van der Waals surface area contributed by atoms with Crippen LogP contribution in [0.5, 0.6) is 0 Å². The molecule has 0 saturated carbocycles. The van der Waals surface area contributed by atoms with E-state index in [-0.39, 0.29) is 5.91 Å². The predicted molar refractivity (Wildman–Crippen MR) is 72.5 cm³/mol. The van der Waals surface area contributed by atoms with Crippen molar-refractivity contribution in [2.75, 3.05) is 19.8 Å². The van der Waals surface area contributed by atoms with Gasteiger partial charge in [0.2, 0.25) is 0 Å². The lowest BCUT2D eigenvalue weighted by Crippen LogP contribution is -2.27. The first-order valence-corrected chi connectivity index (χ1v) is 6.05. The molecule has 1 N–H and O–H groups in total. The van der Waals surface area contributed by atoms with Crippen LogP contribution in [0.15, 0.2) is 36.9 Å². The molecule has 0 heterocycles. The monoisotopic (exact) mass is 331 g/mol. The first-order chi connectivity index (χ1) is 7.75. The third-order valence-corrected chi connectivity index (χ3v) is 2.83. The Kier molecular flexibility index (Phi) is 6.10. The van der Waals surface area contributed by atoms with Crippen molar-refractivity contribution >= 4 is 28.5 Å². The third-order valence-electron chi connectivity index (χ3n) is 1.89. The lowest BCUT2D eigenvalue weighted by atomic mass is 10.2. The maximum atomic E-state index is 11.7. The lowest BCUT2D eigenvalue weighted by Gasteiger charge is -2.06. The van der Waals surface area contributed by atoms with Gasteiger partial charge in [0.05, 0.1) is 18.8 Å². The van der Waals surface area contributed by atoms with E-state index in [9.17, 15) is 4.79 Å². The van der Waals surface area contributed by atoms with Gasteiger partial charge in [0.1, 0.15) is 0 Å². The molecule has 0 unspecified atom stereocenters. The van der Waals surface area contributed by atoms with Crippen molar-refractivity contribution in [1.29, 1.82) is 0 Å². The van der Waals surface area contributed by atoms with Gasteiger partial charge in [-0.3, -0.25) is 4.79 Å². The molecule has 0 radical (unpaired) electrons. The fourth-order valence-corrected chi connectivity index (χ4v) is 1.78. The number of amides is 1. The first kappa shape index (κ1) is 13.2. The van der Waals surface area contributed by atoms with E-state index in [1.807, 2.05) is 24.3 Å². The van der Waals surface area contributed by atoms with Crippen LogP contribution < -0.4 is 5.32 Å². The highest BCUT2D eigenvalue weighted by Crippen LogP contribution is 2.10. The number of ether oxygens (including phenoxy) is 1. The van der Waals surface area contributed by atoms with Crippen molar-refractivity contribution in [1.82, 2.24) is 5.32 Å². The predicted octanol–water partition coefficient (Wildman–Crippen LogP) is 2.22. The molecule has 86 valence electrons. The molecule has 1 rings (SSSR count). The minimum Gasteiger partial charge on any atom is -0.376 e. The highest BCUT2D eigenvalue weighted by molar-refractivity contribution is 14.1. The Hall–Kier alpha value is -0.880. The molecular weight excluding hydrogens is 317 g/mol. The average molecular weight is 331 g/mol. The zero-order chi connectivity index (χ0) is 11.8. The quantitative estimate of drug-likeness (QED) is 0.493. The Morgan fingerprint density at radius 1 is 1.50 bits per heavy atom. The van der Waals surface area contributed by atoms with E-state index < -0.39 is 0 Å². The lowest BCUT2D eigenvalue weighted by molar-refractivity contribution is 0.0928. The van der Waals surface area contributed by atoms with Gasteiger partial charge >= 0.3 is 0 Å². The molecule has 4 heteroatoms. The van der Waals surface area contributed by atoms with Crippen LogP contribution in [0, 0.1) is 3.57 Å². The Bertz CT molecular complexity index is 366. The van der Waals surface area contributed by atoms with Crippen LogP contribution in [0.4, 0.5) is 0 Å². The molecule has 0 saturated heterocycles. The maximum absolute atomic E-state index is 11.7. The van der Waals surface area contributed by atoms with Crippen LogP contribution in [0.25, 0.3) is 0 Å². The van der Waals surface area contributed by atoms with E-state index in [0.717, 1.165) is 3.57 Å². The average Bonchev–Trinajstić information content (AvgIpc) is 2.29. The van der Waals surface area contributed by atoms with Gasteiger partial charge in [-0.05, 0) is 34.7 Å². The van der Waals surface area contributed by atoms with Crippen molar-refractivity contribution in [2.45, 2.75) is 0 Å². The highest BCUT2D eigenvalue weighted by Gasteiger charge is 2.07. The largest absolute Gasteiger partial charge is 0.376 e. The molecular formula is C12H14INO2. The summed E-state index contributed by atoms with van der Waals surface area (Å²) in [6.07, 6.45) is 1.68. The molecule has 1 amide bonds. The molecule has 0 aliphatic carbocycles. The fourth-order valence-electron chi connectivity index (χ4n) is 1.14. The van der Waals surface area contributed by atoms with Gasteiger partial charge < -0.3 is 10.1 Å². The zero-order valence-corrected chi connectivity index (χ0v) is 11.1. The summed E-state index contributed by atoms with van der Waals surface area (Å²) in [5.74, 6) is -0.0628. The number of hydrogen-bond donors (Lipinski definition) is 1. The molecule has 0 atom stereocenters. The van der Waals surface area contributed by atoms with Gasteiger partial charge in [-0.1, -0.05) is 18.2 Å². The van der Waals surface area contributed by atoms with E-state index in [0.29, 0.717) is 25.3 Å². The van der Waals surface area contributed by atoms with E-state index in [1.54, 1.807) is 6.08 Å². The summed E-state index contributed by atoms with van der Waals surface area (Å²) in [5.41, 5.74) is 0.701. The van der Waals surface area contributed by atoms with Crippen LogP contribution in [-0.2, 0) is 4.74 Å². The molecule has 3 nitrogen and oxygen atoms in total. The third kappa shape index (κ3) is 4.32. The Morgan fingerprint density at radius 2 is 2.25 bits per heavy atom. The SMILES string of the molecule is C=CCOCCNC(=O)c1ccccc1I. The van der Waals surface area contributed by atoms with Crippen molar-refractivity contribution in [2.24, 2.45) is 0 Å². The normalized spacial score (nSPS) is 9.81. The second-order valence-electron chi connectivity index (χ2n) is 3.10. The standard InChI is InChI=1S/C12H14INO2/c1-2-8-16-9-7-14-12(15)10-5-3-4-6-11(10)13/h2-6H,1,7-9H2,(H,14,15). The number of hydrogen-bond acceptors (Lipinski definition) is 2. The van der Waals surface area contributed by atoms with Gasteiger partial charge in [0.15, 0.2) is 0 Å². The number of nitrogens with one attached hydrogen (secondary N) is 1. The van der Waals surface area contributed by atoms with Gasteiger partial charge in [-0.15, -0.1) is 6.58 Å². The van der Waals surface area contributed by atoms with E-state index in [4.69, 9.17) is 4.74 Å². The summed E-state index contributed by atoms with van der Waals surface area (Å²) in [5, 5.41) is 2.80. The van der Waals surface area contributed by atoms with E-state index in [2.05, 4.69) is 34.5 Å². The van der Waals surface area contributed by atoms with Gasteiger partial charge in [-0.2, -0.15) is 0 Å². The Morgan fingerprint density at radius 3 is 2.94 bits per heavy atom. The number of halogens is 1. The van der Waals surface area contributed by atoms with Crippen LogP contribution >= 0.6 is 22.6 Å². The smallest absolute Gasteiger partial charge is 0.252 e.